The van der Waals surface area contributed by atoms with Gasteiger partial charge in [-0.15, -0.1) is 0 Å². The Morgan fingerprint density at radius 1 is 1.11 bits per heavy atom. The molecule has 7 heteroatoms. The zero-order chi connectivity index (χ0) is 19.7. The van der Waals surface area contributed by atoms with E-state index in [2.05, 4.69) is 21.5 Å². The minimum atomic E-state index is -0.430. The Morgan fingerprint density at radius 3 is 2.57 bits per heavy atom. The Labute approximate surface area is 160 Å². The molecule has 7 nitrogen and oxygen atoms in total. The lowest BCUT2D eigenvalue weighted by Gasteiger charge is -2.11. The largest absolute Gasteiger partial charge is 0.332 e. The van der Waals surface area contributed by atoms with Crippen LogP contribution in [0.15, 0.2) is 71.2 Å². The van der Waals surface area contributed by atoms with Gasteiger partial charge in [-0.2, -0.15) is 0 Å². The third-order valence-corrected chi connectivity index (χ3v) is 4.56. The third kappa shape index (κ3) is 3.03. The molecule has 4 aromatic rings. The van der Waals surface area contributed by atoms with E-state index in [4.69, 9.17) is 0 Å². The molecule has 4 rings (SSSR count). The first kappa shape index (κ1) is 17.5. The monoisotopic (exact) mass is 371 g/mol. The molecule has 0 saturated heterocycles. The fraction of sp³-hybridized carbons (Fsp3) is 0.0952. The first-order valence-corrected chi connectivity index (χ1v) is 8.67. The number of aryl methyl sites for hydroxylation is 1. The maximum absolute atomic E-state index is 12.9. The van der Waals surface area contributed by atoms with Crippen LogP contribution in [0.2, 0.25) is 0 Å². The molecule has 0 N–H and O–H groups in total. The smallest absolute Gasteiger partial charge is 0.280 e. The molecule has 0 fully saturated rings. The van der Waals surface area contributed by atoms with Crippen molar-refractivity contribution in [3.05, 3.63) is 93.5 Å². The number of hydrogen-bond acceptors (Lipinski definition) is 5. The van der Waals surface area contributed by atoms with Crippen molar-refractivity contribution in [2.45, 2.75) is 6.54 Å². The third-order valence-electron chi connectivity index (χ3n) is 4.56. The quantitative estimate of drug-likeness (QED) is 0.549. The van der Waals surface area contributed by atoms with Gasteiger partial charge in [0, 0.05) is 31.2 Å². The lowest BCUT2D eigenvalue weighted by Crippen LogP contribution is -2.39. The van der Waals surface area contributed by atoms with E-state index in [1.54, 1.807) is 31.6 Å². The van der Waals surface area contributed by atoms with Crippen molar-refractivity contribution < 1.29 is 0 Å². The number of hydrogen-bond donors (Lipinski definition) is 0. The van der Waals surface area contributed by atoms with E-state index < -0.39 is 11.2 Å². The maximum Gasteiger partial charge on any atom is 0.332 e. The summed E-state index contributed by atoms with van der Waals surface area (Å²) in [5.41, 5.74) is 1.98. The Morgan fingerprint density at radius 2 is 1.89 bits per heavy atom. The van der Waals surface area contributed by atoms with E-state index >= 15 is 0 Å². The fourth-order valence-electron chi connectivity index (χ4n) is 3.00. The van der Waals surface area contributed by atoms with E-state index in [0.717, 1.165) is 11.1 Å². The van der Waals surface area contributed by atoms with Crippen molar-refractivity contribution in [1.82, 2.24) is 24.1 Å². The molecule has 28 heavy (non-hydrogen) atoms. The van der Waals surface area contributed by atoms with Gasteiger partial charge in [0.1, 0.15) is 5.39 Å². The molecule has 0 aliphatic heterocycles. The minimum Gasteiger partial charge on any atom is -0.280 e. The number of benzene rings is 1. The van der Waals surface area contributed by atoms with Crippen LogP contribution in [0.3, 0.4) is 0 Å². The summed E-state index contributed by atoms with van der Waals surface area (Å²) in [4.78, 5) is 38.5. The van der Waals surface area contributed by atoms with Crippen LogP contribution in [0.25, 0.3) is 28.5 Å². The van der Waals surface area contributed by atoms with E-state index in [1.807, 2.05) is 30.3 Å². The van der Waals surface area contributed by atoms with Gasteiger partial charge in [-0.25, -0.2) is 14.8 Å². The Kier molecular flexibility index (Phi) is 4.41. The number of fused-ring (bicyclic) bond motifs is 1. The molecule has 0 spiro atoms. The van der Waals surface area contributed by atoms with Gasteiger partial charge in [0.15, 0.2) is 11.5 Å². The van der Waals surface area contributed by atoms with E-state index in [9.17, 15) is 9.59 Å². The molecule has 0 saturated carbocycles. The van der Waals surface area contributed by atoms with Crippen molar-refractivity contribution in [2.75, 3.05) is 0 Å². The van der Waals surface area contributed by atoms with Crippen LogP contribution in [-0.4, -0.2) is 24.1 Å². The van der Waals surface area contributed by atoms with Crippen LogP contribution >= 0.6 is 0 Å². The number of rotatable bonds is 4. The van der Waals surface area contributed by atoms with Gasteiger partial charge in [-0.1, -0.05) is 36.9 Å². The molecule has 138 valence electrons. The predicted octanol–water partition coefficient (Wildman–Crippen LogP) is 2.24. The Bertz CT molecular complexity index is 1290. The van der Waals surface area contributed by atoms with Crippen molar-refractivity contribution in [1.29, 1.82) is 0 Å². The molecule has 1 aromatic carbocycles. The van der Waals surface area contributed by atoms with Gasteiger partial charge >= 0.3 is 5.69 Å². The lowest BCUT2D eigenvalue weighted by molar-refractivity contribution is 0.656. The fourth-order valence-corrected chi connectivity index (χ4v) is 3.00. The lowest BCUT2D eigenvalue weighted by atomic mass is 10.1. The second-order valence-corrected chi connectivity index (χ2v) is 6.35. The zero-order valence-electron chi connectivity index (χ0n) is 15.2. The molecular weight excluding hydrogens is 354 g/mol. The number of pyridine rings is 1. The van der Waals surface area contributed by atoms with Crippen molar-refractivity contribution >= 4 is 17.1 Å². The molecule has 0 unspecified atom stereocenters. The summed E-state index contributed by atoms with van der Waals surface area (Å²) in [5.74, 6) is 0.410. The summed E-state index contributed by atoms with van der Waals surface area (Å²) >= 11 is 0. The molecule has 0 aliphatic carbocycles. The van der Waals surface area contributed by atoms with Gasteiger partial charge in [0.2, 0.25) is 0 Å². The second kappa shape index (κ2) is 7.03. The molecular formula is C21H17N5O2. The summed E-state index contributed by atoms with van der Waals surface area (Å²) < 4.78 is 2.56. The van der Waals surface area contributed by atoms with E-state index in [1.165, 1.54) is 15.3 Å². The summed E-state index contributed by atoms with van der Waals surface area (Å²) in [7, 11) is 1.60. The highest BCUT2D eigenvalue weighted by molar-refractivity contribution is 5.75. The molecule has 3 heterocycles. The van der Waals surface area contributed by atoms with Gasteiger partial charge in [0.25, 0.3) is 5.56 Å². The topological polar surface area (TPSA) is 82.7 Å². The van der Waals surface area contributed by atoms with Crippen LogP contribution in [0.5, 0.6) is 0 Å². The van der Waals surface area contributed by atoms with Crippen LogP contribution in [-0.2, 0) is 13.6 Å². The van der Waals surface area contributed by atoms with Crippen LogP contribution < -0.4 is 11.2 Å². The van der Waals surface area contributed by atoms with E-state index in [-0.39, 0.29) is 11.9 Å². The highest BCUT2D eigenvalue weighted by Crippen LogP contribution is 2.15. The molecule has 0 aliphatic rings. The summed E-state index contributed by atoms with van der Waals surface area (Å²) in [6.45, 7) is 3.89. The van der Waals surface area contributed by atoms with E-state index in [0.29, 0.717) is 17.0 Å². The molecule has 0 amide bonds. The van der Waals surface area contributed by atoms with Crippen molar-refractivity contribution in [3.63, 3.8) is 0 Å². The normalized spacial score (nSPS) is 10.9. The molecule has 0 radical (unpaired) electrons. The highest BCUT2D eigenvalue weighted by atomic mass is 16.2. The Hall–Kier alpha value is -3.87. The average Bonchev–Trinajstić information content (AvgIpc) is 2.76. The number of aromatic nitrogens is 5. The van der Waals surface area contributed by atoms with Crippen LogP contribution in [0, 0.1) is 0 Å². The first-order valence-electron chi connectivity index (χ1n) is 8.67. The summed E-state index contributed by atoms with van der Waals surface area (Å²) in [6, 6.07) is 11.1. The molecule has 0 bridgehead atoms. The van der Waals surface area contributed by atoms with Gasteiger partial charge < -0.3 is 0 Å². The molecule has 0 atom stereocenters. The average molecular weight is 371 g/mol. The molecule has 3 aromatic heterocycles. The van der Waals surface area contributed by atoms with Crippen LogP contribution in [0.4, 0.5) is 0 Å². The number of nitrogens with zero attached hydrogens (tertiary/aromatic N) is 5. The Balaban J connectivity index is 1.84. The zero-order valence-corrected chi connectivity index (χ0v) is 15.2. The second-order valence-electron chi connectivity index (χ2n) is 6.35. The SMILES string of the molecule is C=Cc1ccc(Cn2c(=O)c3cnc(-c4cccnc4)nc3n(C)c2=O)cc1. The standard InChI is InChI=1S/C21H17N5O2/c1-3-14-6-8-15(9-7-14)13-26-20(27)17-12-23-18(16-5-4-10-22-11-16)24-19(17)25(2)21(26)28/h3-12H,1,13H2,2H3. The predicted molar refractivity (Wildman–Crippen MR) is 108 cm³/mol. The van der Waals surface area contributed by atoms with Crippen LogP contribution in [0.1, 0.15) is 11.1 Å². The minimum absolute atomic E-state index is 0.170. The maximum atomic E-state index is 12.9. The van der Waals surface area contributed by atoms with Gasteiger partial charge in [-0.3, -0.25) is 18.9 Å². The van der Waals surface area contributed by atoms with Crippen molar-refractivity contribution in [2.24, 2.45) is 7.05 Å². The summed E-state index contributed by atoms with van der Waals surface area (Å²) in [5, 5.41) is 0.289. The van der Waals surface area contributed by atoms with Gasteiger partial charge in [-0.05, 0) is 23.3 Å². The van der Waals surface area contributed by atoms with Gasteiger partial charge in [0.05, 0.1) is 6.54 Å². The first-order chi connectivity index (χ1) is 13.6. The summed E-state index contributed by atoms with van der Waals surface area (Å²) in [6.07, 6.45) is 6.49. The van der Waals surface area contributed by atoms with Crippen molar-refractivity contribution in [3.8, 4) is 11.4 Å². The highest BCUT2D eigenvalue weighted by Gasteiger charge is 2.14.